The van der Waals surface area contributed by atoms with Gasteiger partial charge in [-0.05, 0) is 30.5 Å². The van der Waals surface area contributed by atoms with Crippen LogP contribution in [0.3, 0.4) is 0 Å². The standard InChI is InChI=1S/C17H29N5O3S/c1-18-17(19-10-6-11-21-26(4,24)25)20-12-9-14-7-5-8-15(13-14)16(23)22(2)3/h5,7-8,13,21H,6,9-12H2,1-4H3,(H2,18,19,20). The van der Waals surface area contributed by atoms with Crippen molar-refractivity contribution in [3.05, 3.63) is 35.4 Å². The predicted molar refractivity (Wildman–Crippen MR) is 105 cm³/mol. The Balaban J connectivity index is 2.37. The molecule has 0 radical (unpaired) electrons. The van der Waals surface area contributed by atoms with E-state index in [-0.39, 0.29) is 5.91 Å². The number of rotatable bonds is 9. The third-order valence-electron chi connectivity index (χ3n) is 3.52. The van der Waals surface area contributed by atoms with Gasteiger partial charge in [-0.25, -0.2) is 13.1 Å². The largest absolute Gasteiger partial charge is 0.356 e. The lowest BCUT2D eigenvalue weighted by atomic mass is 10.1. The average Bonchev–Trinajstić information content (AvgIpc) is 2.58. The molecule has 0 aliphatic carbocycles. The summed E-state index contributed by atoms with van der Waals surface area (Å²) in [4.78, 5) is 17.7. The monoisotopic (exact) mass is 383 g/mol. The van der Waals surface area contributed by atoms with Crippen LogP contribution in [-0.4, -0.2) is 72.2 Å². The molecule has 0 spiro atoms. The molecule has 1 rings (SSSR count). The minimum atomic E-state index is -3.14. The number of amides is 1. The molecule has 0 saturated heterocycles. The van der Waals surface area contributed by atoms with Crippen molar-refractivity contribution in [2.45, 2.75) is 12.8 Å². The van der Waals surface area contributed by atoms with E-state index >= 15 is 0 Å². The summed E-state index contributed by atoms with van der Waals surface area (Å²) in [6, 6.07) is 7.58. The van der Waals surface area contributed by atoms with E-state index in [9.17, 15) is 13.2 Å². The molecule has 9 heteroatoms. The quantitative estimate of drug-likeness (QED) is 0.317. The number of hydrogen-bond donors (Lipinski definition) is 3. The zero-order valence-electron chi connectivity index (χ0n) is 15.9. The number of sulfonamides is 1. The zero-order chi connectivity index (χ0) is 19.6. The van der Waals surface area contributed by atoms with Gasteiger partial charge in [-0.1, -0.05) is 12.1 Å². The lowest BCUT2D eigenvalue weighted by Crippen LogP contribution is -2.39. The van der Waals surface area contributed by atoms with Gasteiger partial charge >= 0.3 is 0 Å². The maximum atomic E-state index is 12.0. The molecular weight excluding hydrogens is 354 g/mol. The Labute approximate surface area is 156 Å². The highest BCUT2D eigenvalue weighted by Crippen LogP contribution is 2.07. The van der Waals surface area contributed by atoms with Crippen molar-refractivity contribution in [2.75, 3.05) is 47.0 Å². The van der Waals surface area contributed by atoms with Crippen LogP contribution >= 0.6 is 0 Å². The first-order chi connectivity index (χ1) is 12.2. The predicted octanol–water partition coefficient (Wildman–Crippen LogP) is 0.0352. The van der Waals surface area contributed by atoms with Crippen molar-refractivity contribution < 1.29 is 13.2 Å². The number of carbonyl (C=O) groups excluding carboxylic acids is 1. The van der Waals surface area contributed by atoms with E-state index in [0.717, 1.165) is 18.2 Å². The van der Waals surface area contributed by atoms with Crippen molar-refractivity contribution in [1.29, 1.82) is 0 Å². The van der Waals surface area contributed by atoms with E-state index in [4.69, 9.17) is 0 Å². The second-order valence-corrected chi connectivity index (χ2v) is 7.93. The molecule has 0 aromatic heterocycles. The van der Waals surface area contributed by atoms with Crippen LogP contribution in [0.25, 0.3) is 0 Å². The second-order valence-electron chi connectivity index (χ2n) is 6.10. The summed E-state index contributed by atoms with van der Waals surface area (Å²) in [6.07, 6.45) is 2.55. The minimum Gasteiger partial charge on any atom is -0.356 e. The van der Waals surface area contributed by atoms with Crippen LogP contribution in [0.4, 0.5) is 0 Å². The van der Waals surface area contributed by atoms with Crippen LogP contribution in [0, 0.1) is 0 Å². The van der Waals surface area contributed by atoms with Gasteiger partial charge in [0.15, 0.2) is 5.96 Å². The normalized spacial score (nSPS) is 11.9. The minimum absolute atomic E-state index is 0.0139. The van der Waals surface area contributed by atoms with Gasteiger partial charge in [0.05, 0.1) is 6.26 Å². The Hall–Kier alpha value is -2.13. The summed E-state index contributed by atoms with van der Waals surface area (Å²) in [5.41, 5.74) is 1.74. The fourth-order valence-corrected chi connectivity index (χ4v) is 2.73. The number of hydrogen-bond acceptors (Lipinski definition) is 4. The maximum absolute atomic E-state index is 12.0. The fraction of sp³-hybridized carbons (Fsp3) is 0.529. The third kappa shape index (κ3) is 8.82. The Kier molecular flexibility index (Phi) is 9.08. The Morgan fingerprint density at radius 1 is 1.15 bits per heavy atom. The first-order valence-electron chi connectivity index (χ1n) is 8.42. The Morgan fingerprint density at radius 3 is 2.46 bits per heavy atom. The number of nitrogens with zero attached hydrogens (tertiary/aromatic N) is 2. The molecule has 0 bridgehead atoms. The molecule has 0 aliphatic heterocycles. The van der Waals surface area contributed by atoms with Crippen molar-refractivity contribution in [3.8, 4) is 0 Å². The first-order valence-corrected chi connectivity index (χ1v) is 10.3. The maximum Gasteiger partial charge on any atom is 0.253 e. The van der Waals surface area contributed by atoms with E-state index in [1.807, 2.05) is 24.3 Å². The topological polar surface area (TPSA) is 103 Å². The van der Waals surface area contributed by atoms with Gasteiger partial charge in [0.1, 0.15) is 0 Å². The molecule has 26 heavy (non-hydrogen) atoms. The number of carbonyl (C=O) groups is 1. The summed E-state index contributed by atoms with van der Waals surface area (Å²) in [7, 11) is 2.01. The molecule has 0 fully saturated rings. The fourth-order valence-electron chi connectivity index (χ4n) is 2.22. The molecule has 1 aromatic carbocycles. The smallest absolute Gasteiger partial charge is 0.253 e. The highest BCUT2D eigenvalue weighted by atomic mass is 32.2. The van der Waals surface area contributed by atoms with E-state index < -0.39 is 10.0 Å². The van der Waals surface area contributed by atoms with Gasteiger partial charge in [-0.2, -0.15) is 0 Å². The highest BCUT2D eigenvalue weighted by molar-refractivity contribution is 7.88. The summed E-state index contributed by atoms with van der Waals surface area (Å²) in [6.45, 7) is 1.66. The van der Waals surface area contributed by atoms with Crippen LogP contribution in [0.15, 0.2) is 29.3 Å². The summed E-state index contributed by atoms with van der Waals surface area (Å²) < 4.78 is 24.4. The van der Waals surface area contributed by atoms with E-state index in [2.05, 4.69) is 20.3 Å². The van der Waals surface area contributed by atoms with Gasteiger partial charge in [0.2, 0.25) is 10.0 Å². The van der Waals surface area contributed by atoms with Crippen molar-refractivity contribution in [3.63, 3.8) is 0 Å². The van der Waals surface area contributed by atoms with Crippen molar-refractivity contribution in [1.82, 2.24) is 20.3 Å². The number of aliphatic imine (C=N–C) groups is 1. The molecule has 1 amide bonds. The first kappa shape index (κ1) is 21.9. The molecule has 146 valence electrons. The summed E-state index contributed by atoms with van der Waals surface area (Å²) >= 11 is 0. The summed E-state index contributed by atoms with van der Waals surface area (Å²) in [5.74, 6) is 0.643. The molecule has 0 saturated carbocycles. The molecular formula is C17H29N5O3S. The zero-order valence-corrected chi connectivity index (χ0v) is 16.7. The van der Waals surface area contributed by atoms with Gasteiger partial charge in [-0.3, -0.25) is 9.79 Å². The molecule has 0 aliphatic rings. The van der Waals surface area contributed by atoms with E-state index in [0.29, 0.717) is 37.6 Å². The Bertz CT molecular complexity index is 717. The van der Waals surface area contributed by atoms with Crippen LogP contribution in [0.1, 0.15) is 22.3 Å². The molecule has 3 N–H and O–H groups in total. The van der Waals surface area contributed by atoms with Crippen LogP contribution in [0.2, 0.25) is 0 Å². The van der Waals surface area contributed by atoms with Gasteiger partial charge < -0.3 is 15.5 Å². The van der Waals surface area contributed by atoms with E-state index in [1.165, 1.54) is 0 Å². The van der Waals surface area contributed by atoms with Crippen molar-refractivity contribution in [2.24, 2.45) is 4.99 Å². The van der Waals surface area contributed by atoms with Crippen molar-refractivity contribution >= 4 is 21.9 Å². The van der Waals surface area contributed by atoms with Gasteiger partial charge in [0, 0.05) is 46.3 Å². The molecule has 0 heterocycles. The molecule has 0 atom stereocenters. The molecule has 1 aromatic rings. The van der Waals surface area contributed by atoms with Gasteiger partial charge in [-0.15, -0.1) is 0 Å². The second kappa shape index (κ2) is 10.8. The molecule has 8 nitrogen and oxygen atoms in total. The number of nitrogens with one attached hydrogen (secondary N) is 3. The summed E-state index contributed by atoms with van der Waals surface area (Å²) in [5, 5.41) is 6.33. The molecule has 0 unspecified atom stereocenters. The number of guanidine groups is 1. The average molecular weight is 384 g/mol. The lowest BCUT2D eigenvalue weighted by Gasteiger charge is -2.13. The number of benzene rings is 1. The van der Waals surface area contributed by atoms with Gasteiger partial charge in [0.25, 0.3) is 5.91 Å². The highest BCUT2D eigenvalue weighted by Gasteiger charge is 2.08. The van der Waals surface area contributed by atoms with Crippen LogP contribution in [-0.2, 0) is 16.4 Å². The van der Waals surface area contributed by atoms with E-state index in [1.54, 1.807) is 26.0 Å². The third-order valence-corrected chi connectivity index (χ3v) is 4.25. The van der Waals surface area contributed by atoms with Crippen LogP contribution in [0.5, 0.6) is 0 Å². The van der Waals surface area contributed by atoms with Crippen LogP contribution < -0.4 is 15.4 Å². The lowest BCUT2D eigenvalue weighted by molar-refractivity contribution is 0.0827. The SMILES string of the molecule is CN=C(NCCCNS(C)(=O)=O)NCCc1cccc(C(=O)N(C)C)c1. The Morgan fingerprint density at radius 2 is 1.85 bits per heavy atom.